The van der Waals surface area contributed by atoms with Gasteiger partial charge in [-0.05, 0) is 31.9 Å². The van der Waals surface area contributed by atoms with Gasteiger partial charge in [0.2, 0.25) is 0 Å². The van der Waals surface area contributed by atoms with E-state index in [1.165, 1.54) is 6.07 Å². The fourth-order valence-electron chi connectivity index (χ4n) is 1.86. The first kappa shape index (κ1) is 10.1. The van der Waals surface area contributed by atoms with Crippen LogP contribution in [0.15, 0.2) is 24.3 Å². The van der Waals surface area contributed by atoms with Crippen molar-refractivity contribution in [2.24, 2.45) is 0 Å². The molecule has 0 N–H and O–H groups in total. The number of Topliss-reactive ketones (excluding diaryl/α,β-unsaturated/α-hetero) is 1. The summed E-state index contributed by atoms with van der Waals surface area (Å²) in [6.07, 6.45) is 4.15. The van der Waals surface area contributed by atoms with Crippen molar-refractivity contribution in [2.45, 2.75) is 26.2 Å². The van der Waals surface area contributed by atoms with Gasteiger partial charge in [0.15, 0.2) is 5.78 Å². The van der Waals surface area contributed by atoms with Crippen LogP contribution in [-0.2, 0) is 4.79 Å². The fourth-order valence-corrected chi connectivity index (χ4v) is 1.86. The van der Waals surface area contributed by atoms with Crippen molar-refractivity contribution in [3.05, 3.63) is 41.2 Å². The molecule has 2 heteroatoms. The van der Waals surface area contributed by atoms with Crippen molar-refractivity contribution in [1.29, 1.82) is 0 Å². The summed E-state index contributed by atoms with van der Waals surface area (Å²) in [4.78, 5) is 11.6. The number of aryl methyl sites for hydroxylation is 1. The summed E-state index contributed by atoms with van der Waals surface area (Å²) in [5.41, 5.74) is 1.99. The van der Waals surface area contributed by atoms with E-state index >= 15 is 0 Å². The van der Waals surface area contributed by atoms with Crippen LogP contribution in [-0.4, -0.2) is 5.78 Å². The molecule has 0 amide bonds. The summed E-state index contributed by atoms with van der Waals surface area (Å²) in [6, 6.07) is 4.88. The first-order chi connectivity index (χ1) is 7.18. The predicted octanol–water partition coefficient (Wildman–Crippen LogP) is 3.27. The Morgan fingerprint density at radius 1 is 1.33 bits per heavy atom. The Hall–Kier alpha value is -1.44. The molecular formula is C13H13FO. The minimum absolute atomic E-state index is 0.0609. The summed E-state index contributed by atoms with van der Waals surface area (Å²) >= 11 is 0. The van der Waals surface area contributed by atoms with E-state index in [-0.39, 0.29) is 11.6 Å². The number of allylic oxidation sites excluding steroid dienone is 2. The molecule has 0 atom stereocenters. The molecule has 1 aliphatic carbocycles. The maximum atomic E-state index is 13.5. The number of ketones is 1. The van der Waals surface area contributed by atoms with Gasteiger partial charge in [-0.2, -0.15) is 0 Å². The van der Waals surface area contributed by atoms with E-state index in [4.69, 9.17) is 0 Å². The zero-order valence-corrected chi connectivity index (χ0v) is 8.72. The highest BCUT2D eigenvalue weighted by atomic mass is 19.1. The Kier molecular flexibility index (Phi) is 2.67. The lowest BCUT2D eigenvalue weighted by Gasteiger charge is -2.12. The van der Waals surface area contributed by atoms with Crippen LogP contribution < -0.4 is 0 Å². The standard InChI is InChI=1S/C13H13FO/c1-9-6-7-12(14)11(8-9)10-4-2-3-5-13(10)15/h4,6-8H,2-3,5H2,1H3. The minimum atomic E-state index is -0.304. The van der Waals surface area contributed by atoms with Gasteiger partial charge in [-0.1, -0.05) is 17.7 Å². The Labute approximate surface area is 88.6 Å². The molecule has 1 aromatic carbocycles. The number of carbonyl (C=O) groups is 1. The normalized spacial score (nSPS) is 16.4. The molecule has 0 spiro atoms. The van der Waals surface area contributed by atoms with Crippen molar-refractivity contribution >= 4 is 11.4 Å². The molecule has 0 aromatic heterocycles. The van der Waals surface area contributed by atoms with Crippen LogP contribution in [0.1, 0.15) is 30.4 Å². The van der Waals surface area contributed by atoms with Crippen molar-refractivity contribution in [1.82, 2.24) is 0 Å². The molecule has 0 bridgehead atoms. The van der Waals surface area contributed by atoms with E-state index in [0.29, 0.717) is 17.6 Å². The molecular weight excluding hydrogens is 191 g/mol. The molecule has 1 aromatic rings. The van der Waals surface area contributed by atoms with Gasteiger partial charge in [0.25, 0.3) is 0 Å². The van der Waals surface area contributed by atoms with E-state index in [1.54, 1.807) is 12.1 Å². The molecule has 1 aliphatic rings. The van der Waals surface area contributed by atoms with Gasteiger partial charge in [0.05, 0.1) is 0 Å². The van der Waals surface area contributed by atoms with Crippen LogP contribution in [0.3, 0.4) is 0 Å². The molecule has 0 saturated heterocycles. The lowest BCUT2D eigenvalue weighted by Crippen LogP contribution is -2.07. The van der Waals surface area contributed by atoms with E-state index in [2.05, 4.69) is 0 Å². The summed E-state index contributed by atoms with van der Waals surface area (Å²) < 4.78 is 13.5. The quantitative estimate of drug-likeness (QED) is 0.686. The van der Waals surface area contributed by atoms with E-state index in [0.717, 1.165) is 18.4 Å². The second-order valence-corrected chi connectivity index (χ2v) is 3.92. The Balaban J connectivity index is 2.48. The highest BCUT2D eigenvalue weighted by Gasteiger charge is 2.18. The average molecular weight is 204 g/mol. The Morgan fingerprint density at radius 3 is 2.87 bits per heavy atom. The first-order valence-corrected chi connectivity index (χ1v) is 5.18. The van der Waals surface area contributed by atoms with Crippen LogP contribution in [0.25, 0.3) is 5.57 Å². The van der Waals surface area contributed by atoms with Gasteiger partial charge in [0.1, 0.15) is 5.82 Å². The van der Waals surface area contributed by atoms with Crippen LogP contribution >= 0.6 is 0 Å². The summed E-state index contributed by atoms with van der Waals surface area (Å²) in [7, 11) is 0. The number of hydrogen-bond donors (Lipinski definition) is 0. The van der Waals surface area contributed by atoms with Crippen LogP contribution in [0, 0.1) is 12.7 Å². The molecule has 2 rings (SSSR count). The molecule has 0 heterocycles. The second kappa shape index (κ2) is 3.97. The smallest absolute Gasteiger partial charge is 0.163 e. The number of benzene rings is 1. The molecule has 0 aliphatic heterocycles. The van der Waals surface area contributed by atoms with Gasteiger partial charge >= 0.3 is 0 Å². The molecule has 0 fully saturated rings. The van der Waals surface area contributed by atoms with Gasteiger partial charge in [-0.3, -0.25) is 4.79 Å². The minimum Gasteiger partial charge on any atom is -0.294 e. The highest BCUT2D eigenvalue weighted by molar-refractivity contribution is 6.21. The third-order valence-electron chi connectivity index (χ3n) is 2.67. The Morgan fingerprint density at radius 2 is 2.13 bits per heavy atom. The number of halogens is 1. The Bertz CT molecular complexity index is 432. The number of hydrogen-bond acceptors (Lipinski definition) is 1. The van der Waals surface area contributed by atoms with E-state index in [1.807, 2.05) is 13.0 Å². The fraction of sp³-hybridized carbons (Fsp3) is 0.308. The topological polar surface area (TPSA) is 17.1 Å². The van der Waals surface area contributed by atoms with Gasteiger partial charge in [-0.15, -0.1) is 0 Å². The van der Waals surface area contributed by atoms with Crippen LogP contribution in [0.5, 0.6) is 0 Å². The molecule has 0 saturated carbocycles. The van der Waals surface area contributed by atoms with Crippen molar-refractivity contribution in [3.63, 3.8) is 0 Å². The van der Waals surface area contributed by atoms with E-state index in [9.17, 15) is 9.18 Å². The average Bonchev–Trinajstić information content (AvgIpc) is 2.23. The zero-order chi connectivity index (χ0) is 10.8. The van der Waals surface area contributed by atoms with Crippen molar-refractivity contribution < 1.29 is 9.18 Å². The van der Waals surface area contributed by atoms with Gasteiger partial charge < -0.3 is 0 Å². The SMILES string of the molecule is Cc1ccc(F)c(C2=CCCCC2=O)c1. The highest BCUT2D eigenvalue weighted by Crippen LogP contribution is 2.26. The molecule has 0 radical (unpaired) electrons. The third-order valence-corrected chi connectivity index (χ3v) is 2.67. The van der Waals surface area contributed by atoms with E-state index < -0.39 is 0 Å². The first-order valence-electron chi connectivity index (χ1n) is 5.18. The zero-order valence-electron chi connectivity index (χ0n) is 8.72. The summed E-state index contributed by atoms with van der Waals surface area (Å²) in [5, 5.41) is 0. The maximum Gasteiger partial charge on any atom is 0.163 e. The maximum absolute atomic E-state index is 13.5. The van der Waals surface area contributed by atoms with Gasteiger partial charge in [0, 0.05) is 17.6 Å². The summed E-state index contributed by atoms with van der Waals surface area (Å²) in [6.45, 7) is 1.90. The number of rotatable bonds is 1. The van der Waals surface area contributed by atoms with Crippen molar-refractivity contribution in [2.75, 3.05) is 0 Å². The van der Waals surface area contributed by atoms with Gasteiger partial charge in [-0.25, -0.2) is 4.39 Å². The molecule has 15 heavy (non-hydrogen) atoms. The van der Waals surface area contributed by atoms with Crippen molar-refractivity contribution in [3.8, 4) is 0 Å². The number of carbonyl (C=O) groups excluding carboxylic acids is 1. The van der Waals surface area contributed by atoms with Crippen LogP contribution in [0.4, 0.5) is 4.39 Å². The predicted molar refractivity (Wildman–Crippen MR) is 58.0 cm³/mol. The molecule has 78 valence electrons. The monoisotopic (exact) mass is 204 g/mol. The molecule has 1 nitrogen and oxygen atoms in total. The third kappa shape index (κ3) is 1.99. The lowest BCUT2D eigenvalue weighted by atomic mass is 9.91. The van der Waals surface area contributed by atoms with Crippen LogP contribution in [0.2, 0.25) is 0 Å². The summed E-state index contributed by atoms with van der Waals surface area (Å²) in [5.74, 6) is -0.243. The largest absolute Gasteiger partial charge is 0.294 e. The molecule has 0 unspecified atom stereocenters. The second-order valence-electron chi connectivity index (χ2n) is 3.92. The lowest BCUT2D eigenvalue weighted by molar-refractivity contribution is -0.114.